The van der Waals surface area contributed by atoms with E-state index in [9.17, 15) is 14.7 Å². The number of rotatable bonds is 11. The molecule has 0 saturated carbocycles. The van der Waals surface area contributed by atoms with Gasteiger partial charge in [-0.3, -0.25) is 9.59 Å². The Morgan fingerprint density at radius 2 is 1.48 bits per heavy atom. The number of hydrogen-bond donors (Lipinski definition) is 2. The van der Waals surface area contributed by atoms with Crippen molar-refractivity contribution in [1.82, 2.24) is 0 Å². The highest BCUT2D eigenvalue weighted by Crippen LogP contribution is 2.31. The fourth-order valence-electron chi connectivity index (χ4n) is 4.19. The Balaban J connectivity index is 1.73. The number of phenols is 1. The molecule has 0 aliphatic heterocycles. The van der Waals surface area contributed by atoms with E-state index in [1.165, 1.54) is 0 Å². The van der Waals surface area contributed by atoms with Crippen molar-refractivity contribution in [3.63, 3.8) is 0 Å². The van der Waals surface area contributed by atoms with Crippen LogP contribution in [0.1, 0.15) is 71.6 Å². The van der Waals surface area contributed by atoms with Crippen molar-refractivity contribution in [2.24, 2.45) is 5.92 Å². The van der Waals surface area contributed by atoms with E-state index < -0.39 is 5.97 Å². The second-order valence-electron chi connectivity index (χ2n) is 9.10. The summed E-state index contributed by atoms with van der Waals surface area (Å²) in [6, 6.07) is 23.2. The van der Waals surface area contributed by atoms with Gasteiger partial charge in [-0.15, -0.1) is 0 Å². The molecule has 0 aromatic heterocycles. The monoisotopic (exact) mass is 444 g/mol. The van der Waals surface area contributed by atoms with Gasteiger partial charge in [-0.2, -0.15) is 0 Å². The molecule has 0 spiro atoms. The molecule has 172 valence electrons. The summed E-state index contributed by atoms with van der Waals surface area (Å²) in [6.07, 6.45) is 2.52. The molecule has 4 heteroatoms. The SMILES string of the molecule is CC(C)CC(CC(=O)c1cc(Cc2ccc(CCC(=O)O)cc2)ccc1O)c1ccccc1. The zero-order valence-electron chi connectivity index (χ0n) is 19.3. The summed E-state index contributed by atoms with van der Waals surface area (Å²) in [6.45, 7) is 4.32. The van der Waals surface area contributed by atoms with Crippen molar-refractivity contribution < 1.29 is 19.8 Å². The minimum absolute atomic E-state index is 0.0177. The Bertz CT molecular complexity index is 1070. The highest BCUT2D eigenvalue weighted by molar-refractivity contribution is 5.99. The van der Waals surface area contributed by atoms with Gasteiger partial charge in [0.1, 0.15) is 5.75 Å². The predicted molar refractivity (Wildman–Crippen MR) is 131 cm³/mol. The van der Waals surface area contributed by atoms with Crippen molar-refractivity contribution >= 4 is 11.8 Å². The average Bonchev–Trinajstić information content (AvgIpc) is 2.79. The number of Topliss-reactive ketones (excluding diaryl/α,β-unsaturated/α-hetero) is 1. The van der Waals surface area contributed by atoms with Gasteiger partial charge in [0.15, 0.2) is 5.78 Å². The van der Waals surface area contributed by atoms with E-state index in [2.05, 4.69) is 26.0 Å². The van der Waals surface area contributed by atoms with E-state index in [0.717, 1.165) is 28.7 Å². The van der Waals surface area contributed by atoms with Crippen molar-refractivity contribution in [1.29, 1.82) is 0 Å². The summed E-state index contributed by atoms with van der Waals surface area (Å²) in [4.78, 5) is 23.9. The zero-order valence-corrected chi connectivity index (χ0v) is 19.3. The summed E-state index contributed by atoms with van der Waals surface area (Å²) < 4.78 is 0. The van der Waals surface area contributed by atoms with Gasteiger partial charge in [0, 0.05) is 12.8 Å². The largest absolute Gasteiger partial charge is 0.507 e. The standard InChI is InChI=1S/C29H32O4/c1-20(2)16-25(24-6-4-3-5-7-24)19-28(31)26-18-23(12-14-27(26)30)17-22-10-8-21(9-11-22)13-15-29(32)33/h3-12,14,18,20,25,30H,13,15-17,19H2,1-2H3,(H,32,33). The number of carbonyl (C=O) groups excluding carboxylic acids is 1. The van der Waals surface area contributed by atoms with E-state index >= 15 is 0 Å². The molecule has 0 fully saturated rings. The Kier molecular flexibility index (Phi) is 8.42. The normalized spacial score (nSPS) is 12.0. The van der Waals surface area contributed by atoms with Crippen LogP contribution in [0.5, 0.6) is 5.75 Å². The third-order valence-electron chi connectivity index (χ3n) is 5.88. The van der Waals surface area contributed by atoms with Crippen LogP contribution in [0.2, 0.25) is 0 Å². The van der Waals surface area contributed by atoms with Crippen LogP contribution >= 0.6 is 0 Å². The Hall–Kier alpha value is -3.40. The number of carbonyl (C=O) groups is 2. The van der Waals surface area contributed by atoms with Crippen LogP contribution in [0.4, 0.5) is 0 Å². The molecule has 0 bridgehead atoms. The van der Waals surface area contributed by atoms with E-state index in [1.54, 1.807) is 12.1 Å². The van der Waals surface area contributed by atoms with E-state index in [-0.39, 0.29) is 23.9 Å². The predicted octanol–water partition coefficient (Wildman–Crippen LogP) is 6.40. The lowest BCUT2D eigenvalue weighted by atomic mass is 9.85. The number of carboxylic acid groups (broad SMARTS) is 1. The van der Waals surface area contributed by atoms with Gasteiger partial charge in [-0.1, -0.05) is 74.5 Å². The number of aryl methyl sites for hydroxylation is 1. The van der Waals surface area contributed by atoms with Gasteiger partial charge >= 0.3 is 5.97 Å². The molecular weight excluding hydrogens is 412 g/mol. The van der Waals surface area contributed by atoms with Crippen LogP contribution in [0.3, 0.4) is 0 Å². The van der Waals surface area contributed by atoms with E-state index in [0.29, 0.717) is 30.7 Å². The molecule has 0 heterocycles. The summed E-state index contributed by atoms with van der Waals surface area (Å²) in [5.74, 6) is -0.262. The first-order chi connectivity index (χ1) is 15.8. The summed E-state index contributed by atoms with van der Waals surface area (Å²) in [5, 5.41) is 19.2. The van der Waals surface area contributed by atoms with Crippen LogP contribution in [-0.2, 0) is 17.6 Å². The first-order valence-corrected chi connectivity index (χ1v) is 11.5. The van der Waals surface area contributed by atoms with Gasteiger partial charge in [0.05, 0.1) is 5.56 Å². The van der Waals surface area contributed by atoms with Crippen molar-refractivity contribution in [2.75, 3.05) is 0 Å². The molecule has 0 aliphatic rings. The highest BCUT2D eigenvalue weighted by atomic mass is 16.4. The molecule has 4 nitrogen and oxygen atoms in total. The second kappa shape index (κ2) is 11.5. The van der Waals surface area contributed by atoms with Crippen molar-refractivity contribution in [3.05, 3.63) is 101 Å². The van der Waals surface area contributed by atoms with E-state index in [4.69, 9.17) is 5.11 Å². The molecule has 3 aromatic rings. The molecule has 33 heavy (non-hydrogen) atoms. The fourth-order valence-corrected chi connectivity index (χ4v) is 4.19. The lowest BCUT2D eigenvalue weighted by Crippen LogP contribution is -2.11. The molecule has 0 aliphatic carbocycles. The molecule has 0 radical (unpaired) electrons. The number of aliphatic carboxylic acids is 1. The fraction of sp³-hybridized carbons (Fsp3) is 0.310. The topological polar surface area (TPSA) is 74.6 Å². The minimum atomic E-state index is -0.803. The highest BCUT2D eigenvalue weighted by Gasteiger charge is 2.21. The van der Waals surface area contributed by atoms with Gasteiger partial charge in [-0.25, -0.2) is 0 Å². The van der Waals surface area contributed by atoms with Crippen LogP contribution < -0.4 is 0 Å². The Labute approximate surface area is 195 Å². The van der Waals surface area contributed by atoms with Gasteiger partial charge < -0.3 is 10.2 Å². The second-order valence-corrected chi connectivity index (χ2v) is 9.10. The lowest BCUT2D eigenvalue weighted by molar-refractivity contribution is -0.136. The average molecular weight is 445 g/mol. The minimum Gasteiger partial charge on any atom is -0.507 e. The van der Waals surface area contributed by atoms with Gasteiger partial charge in [-0.05, 0) is 65.5 Å². The molecule has 3 aromatic carbocycles. The molecule has 0 saturated heterocycles. The molecular formula is C29H32O4. The maximum Gasteiger partial charge on any atom is 0.303 e. The smallest absolute Gasteiger partial charge is 0.303 e. The molecule has 1 atom stereocenters. The van der Waals surface area contributed by atoms with Gasteiger partial charge in [0.2, 0.25) is 0 Å². The summed E-state index contributed by atoms with van der Waals surface area (Å²) >= 11 is 0. The number of hydrogen-bond acceptors (Lipinski definition) is 3. The third kappa shape index (κ3) is 7.31. The molecule has 3 rings (SSSR count). The summed E-state index contributed by atoms with van der Waals surface area (Å²) in [7, 11) is 0. The van der Waals surface area contributed by atoms with Crippen LogP contribution in [0.15, 0.2) is 72.8 Å². The number of carboxylic acids is 1. The number of ketones is 1. The first kappa shape index (κ1) is 24.2. The summed E-state index contributed by atoms with van der Waals surface area (Å²) in [5.41, 5.74) is 4.53. The third-order valence-corrected chi connectivity index (χ3v) is 5.88. The van der Waals surface area contributed by atoms with Crippen molar-refractivity contribution in [2.45, 2.75) is 51.9 Å². The molecule has 2 N–H and O–H groups in total. The van der Waals surface area contributed by atoms with Crippen LogP contribution in [0, 0.1) is 5.92 Å². The maximum absolute atomic E-state index is 13.2. The van der Waals surface area contributed by atoms with Crippen molar-refractivity contribution in [3.8, 4) is 5.75 Å². The maximum atomic E-state index is 13.2. The quantitative estimate of drug-likeness (QED) is 0.335. The Morgan fingerprint density at radius 1 is 0.848 bits per heavy atom. The Morgan fingerprint density at radius 3 is 2.12 bits per heavy atom. The zero-order chi connectivity index (χ0) is 23.8. The van der Waals surface area contributed by atoms with E-state index in [1.807, 2.05) is 48.5 Å². The number of aromatic hydroxyl groups is 1. The number of benzene rings is 3. The molecule has 1 unspecified atom stereocenters. The van der Waals surface area contributed by atoms with Crippen LogP contribution in [0.25, 0.3) is 0 Å². The van der Waals surface area contributed by atoms with Crippen LogP contribution in [-0.4, -0.2) is 22.0 Å². The number of phenolic OH excluding ortho intramolecular Hbond substituents is 1. The first-order valence-electron chi connectivity index (χ1n) is 11.5. The van der Waals surface area contributed by atoms with Gasteiger partial charge in [0.25, 0.3) is 0 Å². The molecule has 0 amide bonds. The lowest BCUT2D eigenvalue weighted by Gasteiger charge is -2.19.